The summed E-state index contributed by atoms with van der Waals surface area (Å²) in [5, 5.41) is 0. The fourth-order valence-electron chi connectivity index (χ4n) is 3.35. The number of hydrogen-bond donors (Lipinski definition) is 1. The summed E-state index contributed by atoms with van der Waals surface area (Å²) in [4.78, 5) is 0. The molecule has 94 valence electrons. The van der Waals surface area contributed by atoms with Gasteiger partial charge in [0, 0.05) is 6.04 Å². The highest BCUT2D eigenvalue weighted by Crippen LogP contribution is 2.36. The second-order valence-corrected chi connectivity index (χ2v) is 5.35. The zero-order valence-corrected chi connectivity index (χ0v) is 11.2. The number of hydrogen-bond acceptors (Lipinski definition) is 1. The molecule has 2 rings (SSSR count). The first-order valence-electron chi connectivity index (χ1n) is 7.11. The van der Waals surface area contributed by atoms with E-state index in [2.05, 4.69) is 38.1 Å². The zero-order valence-electron chi connectivity index (χ0n) is 11.2. The fourth-order valence-corrected chi connectivity index (χ4v) is 3.35. The van der Waals surface area contributed by atoms with Gasteiger partial charge in [0.1, 0.15) is 0 Å². The Morgan fingerprint density at radius 1 is 1.24 bits per heavy atom. The van der Waals surface area contributed by atoms with Crippen LogP contribution in [0, 0.1) is 5.92 Å². The molecule has 0 radical (unpaired) electrons. The molecule has 0 saturated carbocycles. The minimum Gasteiger partial charge on any atom is -0.327 e. The molecule has 0 amide bonds. The molecule has 0 fully saturated rings. The van der Waals surface area contributed by atoms with E-state index in [9.17, 15) is 0 Å². The Labute approximate surface area is 105 Å². The number of benzene rings is 1. The van der Waals surface area contributed by atoms with Crippen molar-refractivity contribution in [2.24, 2.45) is 11.7 Å². The van der Waals surface area contributed by atoms with Gasteiger partial charge in [0.15, 0.2) is 0 Å². The largest absolute Gasteiger partial charge is 0.327 e. The molecular weight excluding hydrogens is 206 g/mol. The van der Waals surface area contributed by atoms with Gasteiger partial charge in [-0.1, -0.05) is 51.0 Å². The normalized spacial score (nSPS) is 21.3. The minimum atomic E-state index is 0.339. The first-order valence-corrected chi connectivity index (χ1v) is 7.11. The summed E-state index contributed by atoms with van der Waals surface area (Å²) < 4.78 is 0. The average Bonchev–Trinajstić information content (AvgIpc) is 2.39. The van der Waals surface area contributed by atoms with E-state index in [1.807, 2.05) is 0 Å². The van der Waals surface area contributed by atoms with Crippen LogP contribution >= 0.6 is 0 Å². The Balaban J connectivity index is 2.23. The molecule has 0 saturated heterocycles. The van der Waals surface area contributed by atoms with Crippen LogP contribution in [0.5, 0.6) is 0 Å². The highest BCUT2D eigenvalue weighted by atomic mass is 14.7. The van der Waals surface area contributed by atoms with Gasteiger partial charge in [0.05, 0.1) is 0 Å². The number of nitrogens with two attached hydrogens (primary N) is 1. The van der Waals surface area contributed by atoms with Crippen molar-refractivity contribution in [2.75, 3.05) is 0 Å². The van der Waals surface area contributed by atoms with Crippen LogP contribution in [-0.2, 0) is 6.42 Å². The van der Waals surface area contributed by atoms with E-state index in [0.29, 0.717) is 17.9 Å². The SMILES string of the molecule is CCC(CC)C(N)C1CCCc2ccccc21. The van der Waals surface area contributed by atoms with Crippen molar-refractivity contribution in [1.82, 2.24) is 0 Å². The molecule has 1 aromatic carbocycles. The summed E-state index contributed by atoms with van der Waals surface area (Å²) in [6.45, 7) is 4.53. The Hall–Kier alpha value is -0.820. The van der Waals surface area contributed by atoms with Crippen LogP contribution in [0.4, 0.5) is 0 Å². The topological polar surface area (TPSA) is 26.0 Å². The molecule has 1 heteroatoms. The molecule has 0 bridgehead atoms. The van der Waals surface area contributed by atoms with E-state index >= 15 is 0 Å². The van der Waals surface area contributed by atoms with E-state index in [0.717, 1.165) is 0 Å². The number of fused-ring (bicyclic) bond motifs is 1. The highest BCUT2D eigenvalue weighted by molar-refractivity contribution is 5.33. The monoisotopic (exact) mass is 231 g/mol. The third kappa shape index (κ3) is 2.55. The molecule has 1 nitrogen and oxygen atoms in total. The Bertz CT molecular complexity index is 354. The Morgan fingerprint density at radius 2 is 1.94 bits per heavy atom. The predicted molar refractivity (Wildman–Crippen MR) is 74.2 cm³/mol. The van der Waals surface area contributed by atoms with E-state index in [4.69, 9.17) is 5.73 Å². The van der Waals surface area contributed by atoms with Gasteiger partial charge in [-0.2, -0.15) is 0 Å². The van der Waals surface area contributed by atoms with E-state index in [-0.39, 0.29) is 0 Å². The van der Waals surface area contributed by atoms with Crippen LogP contribution in [-0.4, -0.2) is 6.04 Å². The van der Waals surface area contributed by atoms with Crippen molar-refractivity contribution in [3.63, 3.8) is 0 Å². The second kappa shape index (κ2) is 5.68. The summed E-state index contributed by atoms with van der Waals surface area (Å²) in [5.74, 6) is 1.26. The third-order valence-corrected chi connectivity index (χ3v) is 4.47. The van der Waals surface area contributed by atoms with Gasteiger partial charge in [-0.25, -0.2) is 0 Å². The molecule has 0 heterocycles. The molecule has 0 spiro atoms. The van der Waals surface area contributed by atoms with Crippen molar-refractivity contribution in [3.05, 3.63) is 35.4 Å². The maximum absolute atomic E-state index is 6.53. The van der Waals surface area contributed by atoms with Gasteiger partial charge >= 0.3 is 0 Å². The maximum atomic E-state index is 6.53. The summed E-state index contributed by atoms with van der Waals surface area (Å²) >= 11 is 0. The van der Waals surface area contributed by atoms with Crippen LogP contribution in [0.15, 0.2) is 24.3 Å². The fraction of sp³-hybridized carbons (Fsp3) is 0.625. The highest BCUT2D eigenvalue weighted by Gasteiger charge is 2.28. The average molecular weight is 231 g/mol. The van der Waals surface area contributed by atoms with Crippen LogP contribution in [0.1, 0.15) is 56.6 Å². The van der Waals surface area contributed by atoms with E-state index in [1.54, 1.807) is 0 Å². The van der Waals surface area contributed by atoms with E-state index in [1.165, 1.54) is 43.2 Å². The first-order chi connectivity index (χ1) is 8.27. The van der Waals surface area contributed by atoms with Crippen LogP contribution in [0.25, 0.3) is 0 Å². The number of aryl methyl sites for hydroxylation is 1. The van der Waals surface area contributed by atoms with Gasteiger partial charge in [-0.05, 0) is 42.2 Å². The predicted octanol–water partition coefficient (Wildman–Crippen LogP) is 3.87. The van der Waals surface area contributed by atoms with Gasteiger partial charge < -0.3 is 5.73 Å². The van der Waals surface area contributed by atoms with Gasteiger partial charge in [-0.3, -0.25) is 0 Å². The molecule has 2 N–H and O–H groups in total. The molecular formula is C16H25N. The lowest BCUT2D eigenvalue weighted by Crippen LogP contribution is -2.37. The third-order valence-electron chi connectivity index (χ3n) is 4.47. The molecule has 17 heavy (non-hydrogen) atoms. The zero-order chi connectivity index (χ0) is 12.3. The molecule has 2 atom stereocenters. The smallest absolute Gasteiger partial charge is 0.0136 e. The molecule has 2 unspecified atom stereocenters. The lowest BCUT2D eigenvalue weighted by atomic mass is 9.74. The number of rotatable bonds is 4. The quantitative estimate of drug-likeness (QED) is 0.836. The molecule has 1 aliphatic rings. The van der Waals surface area contributed by atoms with Crippen molar-refractivity contribution in [1.29, 1.82) is 0 Å². The van der Waals surface area contributed by atoms with Crippen LogP contribution in [0.3, 0.4) is 0 Å². The van der Waals surface area contributed by atoms with Crippen LogP contribution < -0.4 is 5.73 Å². The lowest BCUT2D eigenvalue weighted by Gasteiger charge is -2.34. The van der Waals surface area contributed by atoms with Crippen molar-refractivity contribution >= 4 is 0 Å². The maximum Gasteiger partial charge on any atom is 0.0136 e. The Kier molecular flexibility index (Phi) is 4.22. The van der Waals surface area contributed by atoms with Gasteiger partial charge in [0.2, 0.25) is 0 Å². The molecule has 1 aliphatic carbocycles. The second-order valence-electron chi connectivity index (χ2n) is 5.35. The summed E-state index contributed by atoms with van der Waals surface area (Å²) in [6.07, 6.45) is 6.22. The van der Waals surface area contributed by atoms with Crippen LogP contribution in [0.2, 0.25) is 0 Å². The minimum absolute atomic E-state index is 0.339. The van der Waals surface area contributed by atoms with E-state index < -0.39 is 0 Å². The van der Waals surface area contributed by atoms with Crippen molar-refractivity contribution < 1.29 is 0 Å². The van der Waals surface area contributed by atoms with Gasteiger partial charge in [0.25, 0.3) is 0 Å². The first kappa shape index (κ1) is 12.6. The lowest BCUT2D eigenvalue weighted by molar-refractivity contribution is 0.325. The summed E-state index contributed by atoms with van der Waals surface area (Å²) in [5.41, 5.74) is 9.59. The molecule has 0 aromatic heterocycles. The summed E-state index contributed by atoms with van der Waals surface area (Å²) in [7, 11) is 0. The standard InChI is InChI=1S/C16H25N/c1-3-12(4-2)16(17)15-11-7-9-13-8-5-6-10-14(13)15/h5-6,8,10,12,15-16H,3-4,7,9,11,17H2,1-2H3. The molecule has 0 aliphatic heterocycles. The van der Waals surface area contributed by atoms with Gasteiger partial charge in [-0.15, -0.1) is 0 Å². The summed E-state index contributed by atoms with van der Waals surface area (Å²) in [6, 6.07) is 9.23. The Morgan fingerprint density at radius 3 is 2.65 bits per heavy atom. The molecule has 1 aromatic rings. The van der Waals surface area contributed by atoms with Crippen molar-refractivity contribution in [2.45, 2.75) is 57.9 Å². The van der Waals surface area contributed by atoms with Crippen molar-refractivity contribution in [3.8, 4) is 0 Å².